The molecule has 0 saturated carbocycles. The first-order valence-corrected chi connectivity index (χ1v) is 8.82. The molecule has 140 valence electrons. The van der Waals surface area contributed by atoms with E-state index in [4.69, 9.17) is 11.6 Å². The van der Waals surface area contributed by atoms with Crippen LogP contribution in [0.1, 0.15) is 22.0 Å². The normalized spacial score (nSPS) is 15.2. The zero-order valence-electron chi connectivity index (χ0n) is 14.5. The number of carboxylic acid groups (broad SMARTS) is 1. The van der Waals surface area contributed by atoms with Crippen molar-refractivity contribution in [2.75, 3.05) is 10.6 Å². The molecular formula is C20H15ClN4O3. The number of para-hydroxylation sites is 1. The highest BCUT2D eigenvalue weighted by Crippen LogP contribution is 2.33. The first-order valence-electron chi connectivity index (χ1n) is 8.44. The van der Waals surface area contributed by atoms with Crippen molar-refractivity contribution in [1.82, 2.24) is 9.78 Å². The van der Waals surface area contributed by atoms with E-state index in [0.717, 1.165) is 5.56 Å². The summed E-state index contributed by atoms with van der Waals surface area (Å²) in [6, 6.07) is 15.5. The Labute approximate surface area is 165 Å². The van der Waals surface area contributed by atoms with Gasteiger partial charge in [-0.1, -0.05) is 41.9 Å². The van der Waals surface area contributed by atoms with E-state index in [1.165, 1.54) is 12.3 Å². The number of hydrogen-bond donors (Lipinski definition) is 3. The minimum atomic E-state index is -1.13. The Bertz CT molecular complexity index is 1090. The Hall–Kier alpha value is -3.58. The van der Waals surface area contributed by atoms with Gasteiger partial charge in [0, 0.05) is 10.7 Å². The van der Waals surface area contributed by atoms with Crippen molar-refractivity contribution in [3.8, 4) is 0 Å². The van der Waals surface area contributed by atoms with Crippen molar-refractivity contribution in [1.29, 1.82) is 0 Å². The molecule has 0 aliphatic carbocycles. The van der Waals surface area contributed by atoms with E-state index >= 15 is 0 Å². The number of rotatable bonds is 4. The van der Waals surface area contributed by atoms with Crippen LogP contribution in [0, 0.1) is 0 Å². The van der Waals surface area contributed by atoms with E-state index in [-0.39, 0.29) is 11.3 Å². The van der Waals surface area contributed by atoms with Crippen LogP contribution in [0.4, 0.5) is 11.5 Å². The fourth-order valence-electron chi connectivity index (χ4n) is 3.03. The molecular weight excluding hydrogens is 380 g/mol. The van der Waals surface area contributed by atoms with Crippen LogP contribution in [0.2, 0.25) is 5.02 Å². The third-order valence-corrected chi connectivity index (χ3v) is 4.57. The van der Waals surface area contributed by atoms with Crippen LogP contribution in [0.5, 0.6) is 0 Å². The van der Waals surface area contributed by atoms with E-state index in [9.17, 15) is 14.7 Å². The molecule has 0 unspecified atom stereocenters. The summed E-state index contributed by atoms with van der Waals surface area (Å²) in [5, 5.41) is 19.9. The van der Waals surface area contributed by atoms with E-state index in [0.29, 0.717) is 16.5 Å². The number of nitrogens with zero attached hydrogens (tertiary/aromatic N) is 2. The van der Waals surface area contributed by atoms with Crippen molar-refractivity contribution in [3.05, 3.63) is 88.7 Å². The van der Waals surface area contributed by atoms with Crippen molar-refractivity contribution >= 4 is 35.0 Å². The molecule has 1 aliphatic rings. The van der Waals surface area contributed by atoms with E-state index in [1.807, 2.05) is 24.3 Å². The third kappa shape index (κ3) is 3.35. The predicted molar refractivity (Wildman–Crippen MR) is 106 cm³/mol. The molecule has 1 amide bonds. The first-order chi connectivity index (χ1) is 13.5. The lowest BCUT2D eigenvalue weighted by atomic mass is 10.0. The second-order valence-corrected chi connectivity index (χ2v) is 6.62. The zero-order chi connectivity index (χ0) is 19.7. The van der Waals surface area contributed by atoms with Gasteiger partial charge in [-0.3, -0.25) is 4.79 Å². The van der Waals surface area contributed by atoms with Crippen LogP contribution in [-0.4, -0.2) is 26.8 Å². The van der Waals surface area contributed by atoms with E-state index in [2.05, 4.69) is 15.7 Å². The SMILES string of the molecule is O=C(O)C1=C[C@@H](c2cccc(Cl)c2)n2ncc(C(=O)Nc3ccccc3)c2N1. The summed E-state index contributed by atoms with van der Waals surface area (Å²) in [5.41, 5.74) is 1.59. The summed E-state index contributed by atoms with van der Waals surface area (Å²) in [5.74, 6) is -1.22. The number of allylic oxidation sites excluding steroid dienone is 1. The fourth-order valence-corrected chi connectivity index (χ4v) is 3.23. The molecule has 8 heteroatoms. The van der Waals surface area contributed by atoms with Gasteiger partial charge in [-0.2, -0.15) is 5.10 Å². The first kappa shape index (κ1) is 17.8. The Morgan fingerprint density at radius 2 is 1.93 bits per heavy atom. The lowest BCUT2D eigenvalue weighted by Gasteiger charge is -2.24. The van der Waals surface area contributed by atoms with E-state index < -0.39 is 17.9 Å². The summed E-state index contributed by atoms with van der Waals surface area (Å²) in [7, 11) is 0. The van der Waals surface area contributed by atoms with Crippen molar-refractivity contribution in [2.24, 2.45) is 0 Å². The predicted octanol–water partition coefficient (Wildman–Crippen LogP) is 3.77. The molecule has 1 aromatic heterocycles. The molecule has 0 radical (unpaired) electrons. The summed E-state index contributed by atoms with van der Waals surface area (Å²) in [4.78, 5) is 24.3. The topological polar surface area (TPSA) is 96.2 Å². The van der Waals surface area contributed by atoms with Gasteiger partial charge >= 0.3 is 5.97 Å². The number of carboxylic acids is 1. The molecule has 7 nitrogen and oxygen atoms in total. The second kappa shape index (κ2) is 7.21. The molecule has 1 aliphatic heterocycles. The molecule has 0 spiro atoms. The second-order valence-electron chi connectivity index (χ2n) is 6.18. The number of fused-ring (bicyclic) bond motifs is 1. The highest BCUT2D eigenvalue weighted by atomic mass is 35.5. The van der Waals surface area contributed by atoms with Crippen LogP contribution >= 0.6 is 11.6 Å². The molecule has 3 N–H and O–H groups in total. The molecule has 2 aromatic carbocycles. The average molecular weight is 395 g/mol. The van der Waals surface area contributed by atoms with Crippen LogP contribution in [0.3, 0.4) is 0 Å². The smallest absolute Gasteiger partial charge is 0.352 e. The minimum absolute atomic E-state index is 0.0354. The maximum Gasteiger partial charge on any atom is 0.352 e. The number of nitrogens with one attached hydrogen (secondary N) is 2. The highest BCUT2D eigenvalue weighted by molar-refractivity contribution is 6.30. The molecule has 4 rings (SSSR count). The summed E-state index contributed by atoms with van der Waals surface area (Å²) in [6.45, 7) is 0. The van der Waals surface area contributed by atoms with Gasteiger partial charge in [0.25, 0.3) is 5.91 Å². The fraction of sp³-hybridized carbons (Fsp3) is 0.0500. The molecule has 0 fully saturated rings. The van der Waals surface area contributed by atoms with Gasteiger partial charge in [0.15, 0.2) is 0 Å². The average Bonchev–Trinajstić information content (AvgIpc) is 3.12. The van der Waals surface area contributed by atoms with Crippen LogP contribution in [-0.2, 0) is 4.79 Å². The number of carbonyl (C=O) groups excluding carboxylic acids is 1. The van der Waals surface area contributed by atoms with Gasteiger partial charge in [0.1, 0.15) is 17.1 Å². The third-order valence-electron chi connectivity index (χ3n) is 4.33. The molecule has 0 bridgehead atoms. The number of aliphatic carboxylic acids is 1. The number of amides is 1. The Kier molecular flexibility index (Phi) is 4.58. The van der Waals surface area contributed by atoms with Crippen molar-refractivity contribution in [2.45, 2.75) is 6.04 Å². The minimum Gasteiger partial charge on any atom is -0.477 e. The lowest BCUT2D eigenvalue weighted by molar-refractivity contribution is -0.132. The number of hydrogen-bond acceptors (Lipinski definition) is 4. The monoisotopic (exact) mass is 394 g/mol. The standard InChI is InChI=1S/C20H15ClN4O3/c21-13-6-4-5-12(9-13)17-10-16(20(27)28)24-18-15(11-22-25(17)18)19(26)23-14-7-2-1-3-8-14/h1-11,17,24H,(H,23,26)(H,27,28)/t17-/m0/s1. The van der Waals surface area contributed by atoms with Gasteiger partial charge < -0.3 is 15.7 Å². The van der Waals surface area contributed by atoms with Crippen LogP contribution in [0.15, 0.2) is 72.6 Å². The number of anilines is 2. The summed E-state index contributed by atoms with van der Waals surface area (Å²) in [6.07, 6.45) is 2.95. The van der Waals surface area contributed by atoms with Crippen LogP contribution in [0.25, 0.3) is 0 Å². The van der Waals surface area contributed by atoms with Crippen LogP contribution < -0.4 is 10.6 Å². The number of aromatic nitrogens is 2. The Morgan fingerprint density at radius 1 is 1.14 bits per heavy atom. The maximum atomic E-state index is 12.7. The van der Waals surface area contributed by atoms with Crippen molar-refractivity contribution in [3.63, 3.8) is 0 Å². The molecule has 28 heavy (non-hydrogen) atoms. The largest absolute Gasteiger partial charge is 0.477 e. The number of halogens is 1. The summed E-state index contributed by atoms with van der Waals surface area (Å²) >= 11 is 6.09. The quantitative estimate of drug-likeness (QED) is 0.626. The van der Waals surface area contributed by atoms with Gasteiger partial charge in [0.2, 0.25) is 0 Å². The highest BCUT2D eigenvalue weighted by Gasteiger charge is 2.29. The molecule has 3 aromatic rings. The van der Waals surface area contributed by atoms with Gasteiger partial charge in [-0.25, -0.2) is 9.48 Å². The number of benzene rings is 2. The Balaban J connectivity index is 1.74. The summed E-state index contributed by atoms with van der Waals surface area (Å²) < 4.78 is 1.57. The maximum absolute atomic E-state index is 12.7. The molecule has 1 atom stereocenters. The Morgan fingerprint density at radius 3 is 2.64 bits per heavy atom. The van der Waals surface area contributed by atoms with Gasteiger partial charge in [-0.05, 0) is 35.9 Å². The molecule has 0 saturated heterocycles. The molecule has 2 heterocycles. The number of carbonyl (C=O) groups is 2. The van der Waals surface area contributed by atoms with Gasteiger partial charge in [-0.15, -0.1) is 0 Å². The zero-order valence-corrected chi connectivity index (χ0v) is 15.2. The lowest BCUT2D eigenvalue weighted by Crippen LogP contribution is -2.25. The van der Waals surface area contributed by atoms with Gasteiger partial charge in [0.05, 0.1) is 12.2 Å². The van der Waals surface area contributed by atoms with E-state index in [1.54, 1.807) is 35.0 Å². The van der Waals surface area contributed by atoms with Crippen molar-refractivity contribution < 1.29 is 14.7 Å².